The summed E-state index contributed by atoms with van der Waals surface area (Å²) in [6.07, 6.45) is 3.98. The molecule has 3 heteroatoms. The molecule has 1 N–H and O–H groups in total. The van der Waals surface area contributed by atoms with Crippen LogP contribution < -0.4 is 0 Å². The standard InChI is InChI=1S/C11H9ClO2/c12-9-3-4-10-7(5-9)1-2-8(10)6-11(13)14/h1-5,8H,6H2,(H,13,14). The number of benzene rings is 1. The zero-order valence-electron chi connectivity index (χ0n) is 7.40. The van der Waals surface area contributed by atoms with Crippen molar-refractivity contribution < 1.29 is 9.90 Å². The fourth-order valence-corrected chi connectivity index (χ4v) is 1.90. The molecular weight excluding hydrogens is 200 g/mol. The van der Waals surface area contributed by atoms with Gasteiger partial charge in [-0.25, -0.2) is 0 Å². The van der Waals surface area contributed by atoms with E-state index >= 15 is 0 Å². The highest BCUT2D eigenvalue weighted by Crippen LogP contribution is 2.33. The normalized spacial score (nSPS) is 18.2. The molecular formula is C11H9ClO2. The van der Waals surface area contributed by atoms with E-state index in [1.807, 2.05) is 24.3 Å². The zero-order chi connectivity index (χ0) is 10.1. The second-order valence-corrected chi connectivity index (χ2v) is 3.77. The van der Waals surface area contributed by atoms with Crippen LogP contribution in [0, 0.1) is 0 Å². The number of hydrogen-bond donors (Lipinski definition) is 1. The molecule has 2 nitrogen and oxygen atoms in total. The van der Waals surface area contributed by atoms with Gasteiger partial charge in [-0.3, -0.25) is 4.79 Å². The molecule has 0 aliphatic heterocycles. The number of carbonyl (C=O) groups is 1. The minimum atomic E-state index is -0.776. The molecule has 14 heavy (non-hydrogen) atoms. The number of fused-ring (bicyclic) bond motifs is 1. The van der Waals surface area contributed by atoms with Crippen molar-refractivity contribution in [1.29, 1.82) is 0 Å². The maximum atomic E-state index is 10.6. The van der Waals surface area contributed by atoms with Gasteiger partial charge in [0, 0.05) is 10.9 Å². The van der Waals surface area contributed by atoms with E-state index in [0.29, 0.717) is 5.02 Å². The summed E-state index contributed by atoms with van der Waals surface area (Å²) in [5.74, 6) is -0.776. The fraction of sp³-hybridized carbons (Fsp3) is 0.182. The first kappa shape index (κ1) is 9.28. The first-order valence-corrected chi connectivity index (χ1v) is 4.74. The van der Waals surface area contributed by atoms with Gasteiger partial charge >= 0.3 is 5.97 Å². The van der Waals surface area contributed by atoms with Gasteiger partial charge in [-0.05, 0) is 23.3 Å². The molecule has 1 unspecified atom stereocenters. The minimum absolute atomic E-state index is 0.000216. The summed E-state index contributed by atoms with van der Waals surface area (Å²) in [5, 5.41) is 9.38. The molecule has 0 spiro atoms. The van der Waals surface area contributed by atoms with E-state index in [4.69, 9.17) is 16.7 Å². The maximum Gasteiger partial charge on any atom is 0.304 e. The highest BCUT2D eigenvalue weighted by molar-refractivity contribution is 6.30. The molecule has 1 aromatic rings. The molecule has 1 aliphatic carbocycles. The van der Waals surface area contributed by atoms with Crippen molar-refractivity contribution >= 4 is 23.6 Å². The maximum absolute atomic E-state index is 10.6. The van der Waals surface area contributed by atoms with Crippen LogP contribution >= 0.6 is 11.6 Å². The Balaban J connectivity index is 2.31. The second-order valence-electron chi connectivity index (χ2n) is 3.34. The molecule has 2 rings (SSSR count). The molecule has 0 heterocycles. The van der Waals surface area contributed by atoms with E-state index in [2.05, 4.69) is 0 Å². The van der Waals surface area contributed by atoms with E-state index in [0.717, 1.165) is 11.1 Å². The molecule has 1 aliphatic rings. The summed E-state index contributed by atoms with van der Waals surface area (Å²) < 4.78 is 0. The van der Waals surface area contributed by atoms with Gasteiger partial charge < -0.3 is 5.11 Å². The summed E-state index contributed by atoms with van der Waals surface area (Å²) in [5.41, 5.74) is 2.08. The van der Waals surface area contributed by atoms with Gasteiger partial charge in [-0.15, -0.1) is 0 Å². The highest BCUT2D eigenvalue weighted by atomic mass is 35.5. The smallest absolute Gasteiger partial charge is 0.304 e. The Hall–Kier alpha value is -1.28. The lowest BCUT2D eigenvalue weighted by Gasteiger charge is -2.07. The van der Waals surface area contributed by atoms with Crippen LogP contribution in [0.4, 0.5) is 0 Å². The van der Waals surface area contributed by atoms with Gasteiger partial charge in [-0.1, -0.05) is 29.8 Å². The van der Waals surface area contributed by atoms with Gasteiger partial charge in [0.1, 0.15) is 0 Å². The largest absolute Gasteiger partial charge is 0.481 e. The van der Waals surface area contributed by atoms with E-state index in [1.165, 1.54) is 0 Å². The van der Waals surface area contributed by atoms with E-state index in [9.17, 15) is 4.79 Å². The first-order valence-electron chi connectivity index (χ1n) is 4.36. The Kier molecular flexibility index (Phi) is 2.30. The fourth-order valence-electron chi connectivity index (χ4n) is 1.72. The number of rotatable bonds is 2. The predicted molar refractivity (Wildman–Crippen MR) is 55.5 cm³/mol. The lowest BCUT2D eigenvalue weighted by atomic mass is 9.98. The van der Waals surface area contributed by atoms with Crippen LogP contribution in [0.25, 0.3) is 6.08 Å². The molecule has 0 bridgehead atoms. The van der Waals surface area contributed by atoms with Crippen LogP contribution in [0.3, 0.4) is 0 Å². The van der Waals surface area contributed by atoms with E-state index < -0.39 is 5.97 Å². The molecule has 1 atom stereocenters. The third-order valence-electron chi connectivity index (χ3n) is 2.35. The van der Waals surface area contributed by atoms with E-state index in [1.54, 1.807) is 6.07 Å². The molecule has 0 fully saturated rings. The van der Waals surface area contributed by atoms with Gasteiger partial charge in [0.05, 0.1) is 6.42 Å². The molecule has 0 aromatic heterocycles. The van der Waals surface area contributed by atoms with Crippen LogP contribution in [0.5, 0.6) is 0 Å². The van der Waals surface area contributed by atoms with Crippen molar-refractivity contribution in [3.8, 4) is 0 Å². The summed E-state index contributed by atoms with van der Waals surface area (Å²) in [4.78, 5) is 10.6. The SMILES string of the molecule is O=C(O)CC1C=Cc2cc(Cl)ccc21. The Labute approximate surface area is 86.8 Å². The summed E-state index contributed by atoms with van der Waals surface area (Å²) in [6, 6.07) is 5.54. The second kappa shape index (κ2) is 3.46. The number of carboxylic acid groups (broad SMARTS) is 1. The molecule has 1 aromatic carbocycles. The number of aliphatic carboxylic acids is 1. The Morgan fingerprint density at radius 1 is 1.50 bits per heavy atom. The van der Waals surface area contributed by atoms with Crippen LogP contribution in [-0.2, 0) is 4.79 Å². The highest BCUT2D eigenvalue weighted by Gasteiger charge is 2.19. The topological polar surface area (TPSA) is 37.3 Å². The average Bonchev–Trinajstić information content (AvgIpc) is 2.47. The van der Waals surface area contributed by atoms with Crippen molar-refractivity contribution in [3.05, 3.63) is 40.4 Å². The zero-order valence-corrected chi connectivity index (χ0v) is 8.16. The quantitative estimate of drug-likeness (QED) is 0.812. The van der Waals surface area contributed by atoms with Gasteiger partial charge in [0.15, 0.2) is 0 Å². The average molecular weight is 209 g/mol. The van der Waals surface area contributed by atoms with Crippen molar-refractivity contribution in [2.75, 3.05) is 0 Å². The third kappa shape index (κ3) is 1.66. The van der Waals surface area contributed by atoms with Crippen molar-refractivity contribution in [2.24, 2.45) is 0 Å². The Bertz CT molecular complexity index is 410. The molecule has 0 radical (unpaired) electrons. The predicted octanol–water partition coefficient (Wildman–Crippen LogP) is 2.93. The number of hydrogen-bond acceptors (Lipinski definition) is 1. The molecule has 72 valence electrons. The molecule has 0 saturated heterocycles. The number of allylic oxidation sites excluding steroid dienone is 1. The van der Waals surface area contributed by atoms with Crippen LogP contribution in [0.2, 0.25) is 5.02 Å². The Morgan fingerprint density at radius 3 is 3.00 bits per heavy atom. The monoisotopic (exact) mass is 208 g/mol. The lowest BCUT2D eigenvalue weighted by molar-refractivity contribution is -0.137. The van der Waals surface area contributed by atoms with Crippen LogP contribution in [0.15, 0.2) is 24.3 Å². The van der Waals surface area contributed by atoms with Crippen LogP contribution in [0.1, 0.15) is 23.5 Å². The van der Waals surface area contributed by atoms with Crippen molar-refractivity contribution in [2.45, 2.75) is 12.3 Å². The summed E-state index contributed by atoms with van der Waals surface area (Å²) in [7, 11) is 0. The number of carboxylic acids is 1. The number of halogens is 1. The van der Waals surface area contributed by atoms with Crippen molar-refractivity contribution in [1.82, 2.24) is 0 Å². The Morgan fingerprint density at radius 2 is 2.29 bits per heavy atom. The van der Waals surface area contributed by atoms with Gasteiger partial charge in [-0.2, -0.15) is 0 Å². The summed E-state index contributed by atoms with van der Waals surface area (Å²) in [6.45, 7) is 0. The first-order chi connectivity index (χ1) is 6.66. The van der Waals surface area contributed by atoms with Gasteiger partial charge in [0.2, 0.25) is 0 Å². The summed E-state index contributed by atoms with van der Waals surface area (Å²) >= 11 is 5.83. The minimum Gasteiger partial charge on any atom is -0.481 e. The van der Waals surface area contributed by atoms with Gasteiger partial charge in [0.25, 0.3) is 0 Å². The van der Waals surface area contributed by atoms with E-state index in [-0.39, 0.29) is 12.3 Å². The molecule has 0 saturated carbocycles. The van der Waals surface area contributed by atoms with Crippen molar-refractivity contribution in [3.63, 3.8) is 0 Å². The third-order valence-corrected chi connectivity index (χ3v) is 2.59. The lowest BCUT2D eigenvalue weighted by Crippen LogP contribution is -2.02. The van der Waals surface area contributed by atoms with Crippen LogP contribution in [-0.4, -0.2) is 11.1 Å². The molecule has 0 amide bonds.